The zero-order valence-corrected chi connectivity index (χ0v) is 18.3. The van der Waals surface area contributed by atoms with Gasteiger partial charge in [0, 0.05) is 45.0 Å². The molecule has 3 N–H and O–H groups in total. The summed E-state index contributed by atoms with van der Waals surface area (Å²) in [6.07, 6.45) is 0.00963. The van der Waals surface area contributed by atoms with E-state index in [1.54, 1.807) is 24.3 Å². The topological polar surface area (TPSA) is 102 Å². The summed E-state index contributed by atoms with van der Waals surface area (Å²) in [7, 11) is 3.89. The van der Waals surface area contributed by atoms with Crippen LogP contribution in [0.4, 0.5) is 10.1 Å². The molecule has 0 bridgehead atoms. The van der Waals surface area contributed by atoms with E-state index >= 15 is 0 Å². The summed E-state index contributed by atoms with van der Waals surface area (Å²) >= 11 is 0. The van der Waals surface area contributed by atoms with Gasteiger partial charge in [-0.15, -0.1) is 0 Å². The van der Waals surface area contributed by atoms with E-state index in [9.17, 15) is 14.3 Å². The van der Waals surface area contributed by atoms with E-state index in [2.05, 4.69) is 10.2 Å². The lowest BCUT2D eigenvalue weighted by atomic mass is 10.0. The van der Waals surface area contributed by atoms with E-state index < -0.39 is 6.10 Å². The first-order chi connectivity index (χ1) is 15.3. The Hall–Kier alpha value is -3.17. The van der Waals surface area contributed by atoms with Gasteiger partial charge in [-0.3, -0.25) is 14.5 Å². The summed E-state index contributed by atoms with van der Waals surface area (Å²) in [5.74, 6) is 0.135. The average Bonchev–Trinajstić information content (AvgIpc) is 2.78. The Morgan fingerprint density at radius 3 is 2.44 bits per heavy atom. The fraction of sp³-hybridized carbons (Fsp3) is 0.391. The number of nitrogens with one attached hydrogen (secondary N) is 1. The lowest BCUT2D eigenvalue weighted by molar-refractivity contribution is -0.122. The highest BCUT2D eigenvalue weighted by molar-refractivity contribution is 5.94. The molecule has 1 aliphatic rings. The molecule has 0 saturated carbocycles. The summed E-state index contributed by atoms with van der Waals surface area (Å²) in [6.45, 7) is 2.15. The van der Waals surface area contributed by atoms with Crippen LogP contribution in [-0.4, -0.2) is 80.0 Å². The number of carbonyl (C=O) groups excluding carboxylic acids is 1. The van der Waals surface area contributed by atoms with E-state index in [4.69, 9.17) is 14.6 Å². The summed E-state index contributed by atoms with van der Waals surface area (Å²) in [5, 5.41) is 20.2. The van der Waals surface area contributed by atoms with Crippen molar-refractivity contribution in [2.75, 3.05) is 45.2 Å². The molecule has 1 heterocycles. The number of aliphatic hydroxyl groups excluding tert-OH is 1. The Labute approximate surface area is 187 Å². The van der Waals surface area contributed by atoms with Gasteiger partial charge in [0.25, 0.3) is 12.4 Å². The molecular formula is C23H30FN3O5. The second-order valence-corrected chi connectivity index (χ2v) is 7.59. The van der Waals surface area contributed by atoms with Crippen LogP contribution in [-0.2, 0) is 4.79 Å². The maximum absolute atomic E-state index is 12.9. The van der Waals surface area contributed by atoms with Crippen molar-refractivity contribution in [1.29, 1.82) is 0 Å². The summed E-state index contributed by atoms with van der Waals surface area (Å²) in [6, 6.07) is 12.9. The van der Waals surface area contributed by atoms with E-state index in [0.29, 0.717) is 37.4 Å². The quantitative estimate of drug-likeness (QED) is 0.557. The Kier molecular flexibility index (Phi) is 9.90. The number of piperidine rings is 1. The molecule has 8 nitrogen and oxygen atoms in total. The summed E-state index contributed by atoms with van der Waals surface area (Å²) in [5.41, 5.74) is 1.59. The largest absolute Gasteiger partial charge is 0.492 e. The molecule has 0 spiro atoms. The number of hydrogen-bond acceptors (Lipinski definition) is 6. The average molecular weight is 448 g/mol. The second kappa shape index (κ2) is 12.6. The van der Waals surface area contributed by atoms with Gasteiger partial charge in [0.2, 0.25) is 0 Å². The lowest BCUT2D eigenvalue weighted by Gasteiger charge is -2.36. The van der Waals surface area contributed by atoms with Gasteiger partial charge in [0.15, 0.2) is 0 Å². The third kappa shape index (κ3) is 7.82. The molecule has 0 radical (unpaired) electrons. The number of carboxylic acid groups (broad SMARTS) is 1. The number of benzene rings is 2. The molecule has 1 aliphatic heterocycles. The lowest BCUT2D eigenvalue weighted by Crippen LogP contribution is -2.55. The van der Waals surface area contributed by atoms with Gasteiger partial charge < -0.3 is 25.2 Å². The molecule has 32 heavy (non-hydrogen) atoms. The molecule has 1 saturated heterocycles. The third-order valence-electron chi connectivity index (χ3n) is 5.11. The minimum absolute atomic E-state index is 0.191. The van der Waals surface area contributed by atoms with Crippen molar-refractivity contribution in [3.63, 3.8) is 0 Å². The van der Waals surface area contributed by atoms with Crippen molar-refractivity contribution in [2.45, 2.75) is 18.6 Å². The minimum atomic E-state index is -0.575. The zero-order chi connectivity index (χ0) is 23.5. The fourth-order valence-electron chi connectivity index (χ4n) is 3.34. The number of amides is 1. The first-order valence-electron chi connectivity index (χ1n) is 10.3. The van der Waals surface area contributed by atoms with Gasteiger partial charge in [0.05, 0.1) is 12.1 Å². The smallest absolute Gasteiger partial charge is 0.290 e. The van der Waals surface area contributed by atoms with Crippen molar-refractivity contribution in [3.8, 4) is 5.75 Å². The van der Waals surface area contributed by atoms with Crippen LogP contribution in [0.25, 0.3) is 0 Å². The van der Waals surface area contributed by atoms with Crippen LogP contribution in [0.2, 0.25) is 0 Å². The first-order valence-corrected chi connectivity index (χ1v) is 10.3. The van der Waals surface area contributed by atoms with Gasteiger partial charge in [-0.1, -0.05) is 0 Å². The molecule has 2 aromatic rings. The highest BCUT2D eigenvalue weighted by Gasteiger charge is 2.29. The highest BCUT2D eigenvalue weighted by Crippen LogP contribution is 2.15. The Morgan fingerprint density at radius 1 is 1.22 bits per heavy atom. The Bertz CT molecular complexity index is 846. The number of carbonyl (C=O) groups is 2. The Morgan fingerprint density at radius 2 is 1.84 bits per heavy atom. The van der Waals surface area contributed by atoms with Crippen LogP contribution in [0.15, 0.2) is 48.5 Å². The van der Waals surface area contributed by atoms with Crippen molar-refractivity contribution in [3.05, 3.63) is 59.9 Å². The van der Waals surface area contributed by atoms with Gasteiger partial charge in [-0.2, -0.15) is 0 Å². The van der Waals surface area contributed by atoms with E-state index in [-0.39, 0.29) is 24.2 Å². The van der Waals surface area contributed by atoms with Crippen molar-refractivity contribution < 1.29 is 28.9 Å². The zero-order valence-electron chi connectivity index (χ0n) is 18.3. The third-order valence-corrected chi connectivity index (χ3v) is 5.11. The molecule has 0 aromatic heterocycles. The number of halogens is 1. The van der Waals surface area contributed by atoms with Gasteiger partial charge in [-0.05, 0) is 55.0 Å². The number of ether oxygens (including phenoxy) is 1. The molecule has 0 aliphatic carbocycles. The van der Waals surface area contributed by atoms with Crippen LogP contribution >= 0.6 is 0 Å². The SMILES string of the molecule is CN(C)c1ccc(C(=O)N[C@@H]2CN(CCOc3ccc(F)cc3)CC[C@@H]2O)cc1.O=CO. The fourth-order valence-corrected chi connectivity index (χ4v) is 3.34. The van der Waals surface area contributed by atoms with Crippen LogP contribution in [0.3, 0.4) is 0 Å². The monoisotopic (exact) mass is 447 g/mol. The predicted molar refractivity (Wildman–Crippen MR) is 120 cm³/mol. The molecule has 1 amide bonds. The molecule has 1 fully saturated rings. The van der Waals surface area contributed by atoms with Crippen molar-refractivity contribution >= 4 is 18.1 Å². The molecule has 174 valence electrons. The molecule has 2 aromatic carbocycles. The molecule has 2 atom stereocenters. The molecule has 0 unspecified atom stereocenters. The van der Waals surface area contributed by atoms with Crippen LogP contribution < -0.4 is 15.0 Å². The maximum Gasteiger partial charge on any atom is 0.290 e. The van der Waals surface area contributed by atoms with Gasteiger partial charge in [0.1, 0.15) is 18.2 Å². The second-order valence-electron chi connectivity index (χ2n) is 7.59. The standard InChI is InChI=1S/C22H28FN3O3.CH2O2/c1-25(2)18-7-3-16(4-8-18)22(28)24-20-15-26(12-11-21(20)27)13-14-29-19-9-5-17(23)6-10-19;2-1-3/h3-10,20-21,27H,11-15H2,1-2H3,(H,24,28);1H,(H,2,3)/t20-,21+;/m1./s1. The van der Waals surface area contributed by atoms with Gasteiger partial charge >= 0.3 is 0 Å². The molecule has 9 heteroatoms. The van der Waals surface area contributed by atoms with Crippen LogP contribution in [0, 0.1) is 5.82 Å². The summed E-state index contributed by atoms with van der Waals surface area (Å²) < 4.78 is 18.6. The first kappa shape index (κ1) is 25.1. The van der Waals surface area contributed by atoms with Crippen molar-refractivity contribution in [1.82, 2.24) is 10.2 Å². The number of likely N-dealkylation sites (tertiary alicyclic amines) is 1. The Balaban J connectivity index is 0.00000114. The highest BCUT2D eigenvalue weighted by atomic mass is 19.1. The number of anilines is 1. The van der Waals surface area contributed by atoms with E-state index in [0.717, 1.165) is 12.2 Å². The number of rotatable bonds is 7. The minimum Gasteiger partial charge on any atom is -0.492 e. The van der Waals surface area contributed by atoms with Crippen molar-refractivity contribution in [2.24, 2.45) is 0 Å². The molecular weight excluding hydrogens is 417 g/mol. The summed E-state index contributed by atoms with van der Waals surface area (Å²) in [4.78, 5) is 25.0. The van der Waals surface area contributed by atoms with Gasteiger partial charge in [-0.25, -0.2) is 4.39 Å². The van der Waals surface area contributed by atoms with Crippen LogP contribution in [0.1, 0.15) is 16.8 Å². The molecule has 3 rings (SSSR count). The number of aliphatic hydroxyl groups is 1. The van der Waals surface area contributed by atoms with E-state index in [1.165, 1.54) is 12.1 Å². The maximum atomic E-state index is 12.9. The number of nitrogens with zero attached hydrogens (tertiary/aromatic N) is 2. The number of hydrogen-bond donors (Lipinski definition) is 3. The van der Waals surface area contributed by atoms with E-state index in [1.807, 2.05) is 31.1 Å². The van der Waals surface area contributed by atoms with Crippen LogP contribution in [0.5, 0.6) is 5.75 Å². The normalized spacial score (nSPS) is 18.1. The predicted octanol–water partition coefficient (Wildman–Crippen LogP) is 1.84.